The van der Waals surface area contributed by atoms with Gasteiger partial charge in [0, 0.05) is 29.2 Å². The maximum absolute atomic E-state index is 6.33. The van der Waals surface area contributed by atoms with Crippen molar-refractivity contribution in [2.75, 3.05) is 13.7 Å². The number of fused-ring (bicyclic) bond motifs is 1. The molecule has 1 unspecified atom stereocenters. The number of nitrogens with zero attached hydrogens (tertiary/aromatic N) is 1. The van der Waals surface area contributed by atoms with Crippen LogP contribution in [0.25, 0.3) is 0 Å². The van der Waals surface area contributed by atoms with Crippen molar-refractivity contribution >= 4 is 11.6 Å². The average molecular weight is 305 g/mol. The van der Waals surface area contributed by atoms with Crippen LogP contribution in [-0.2, 0) is 12.8 Å². The monoisotopic (exact) mass is 304 g/mol. The van der Waals surface area contributed by atoms with Gasteiger partial charge < -0.3 is 15.2 Å². The summed E-state index contributed by atoms with van der Waals surface area (Å²) < 4.78 is 11.0. The van der Waals surface area contributed by atoms with E-state index < -0.39 is 0 Å². The molecule has 0 radical (unpaired) electrons. The first-order chi connectivity index (χ1) is 10.2. The minimum absolute atomic E-state index is 0.222. The van der Waals surface area contributed by atoms with Gasteiger partial charge in [-0.3, -0.25) is 0 Å². The Labute approximate surface area is 128 Å². The van der Waals surface area contributed by atoms with Crippen LogP contribution >= 0.6 is 11.6 Å². The molecule has 4 nitrogen and oxygen atoms in total. The van der Waals surface area contributed by atoms with Gasteiger partial charge in [-0.2, -0.15) is 0 Å². The largest absolute Gasteiger partial charge is 0.493 e. The molecule has 110 valence electrons. The first-order valence-electron chi connectivity index (χ1n) is 6.87. The molecule has 1 aliphatic heterocycles. The van der Waals surface area contributed by atoms with Gasteiger partial charge in [-0.05, 0) is 35.7 Å². The van der Waals surface area contributed by atoms with Crippen molar-refractivity contribution in [3.63, 3.8) is 0 Å². The number of aromatic nitrogens is 1. The van der Waals surface area contributed by atoms with E-state index in [1.54, 1.807) is 13.3 Å². The lowest BCUT2D eigenvalue weighted by Crippen LogP contribution is -2.15. The molecule has 0 fully saturated rings. The van der Waals surface area contributed by atoms with E-state index in [1.807, 2.05) is 24.3 Å². The van der Waals surface area contributed by atoms with E-state index in [-0.39, 0.29) is 6.04 Å². The van der Waals surface area contributed by atoms with Crippen molar-refractivity contribution in [3.05, 3.63) is 52.2 Å². The third kappa shape index (κ3) is 2.82. The molecule has 0 saturated carbocycles. The summed E-state index contributed by atoms with van der Waals surface area (Å²) in [7, 11) is 1.60. The molecule has 0 saturated heterocycles. The number of ether oxygens (including phenoxy) is 2. The van der Waals surface area contributed by atoms with Gasteiger partial charge in [0.05, 0.1) is 13.7 Å². The predicted octanol–water partition coefficient (Wildman–Crippen LogP) is 2.92. The Morgan fingerprint density at radius 1 is 1.48 bits per heavy atom. The van der Waals surface area contributed by atoms with E-state index in [1.165, 1.54) is 0 Å². The van der Waals surface area contributed by atoms with Crippen LogP contribution in [0.4, 0.5) is 0 Å². The van der Waals surface area contributed by atoms with Crippen molar-refractivity contribution in [1.82, 2.24) is 4.98 Å². The van der Waals surface area contributed by atoms with Crippen molar-refractivity contribution in [2.45, 2.75) is 18.9 Å². The molecule has 1 aliphatic rings. The third-order valence-corrected chi connectivity index (χ3v) is 3.88. The Balaban J connectivity index is 1.90. The molecule has 2 heterocycles. The van der Waals surface area contributed by atoms with Gasteiger partial charge in [0.2, 0.25) is 5.88 Å². The molecule has 0 spiro atoms. The molecule has 1 aromatic carbocycles. The summed E-state index contributed by atoms with van der Waals surface area (Å²) in [6.45, 7) is 0.703. The molecule has 1 atom stereocenters. The molecular formula is C16H17ClN2O2. The van der Waals surface area contributed by atoms with Gasteiger partial charge in [-0.15, -0.1) is 0 Å². The standard InChI is InChI=1S/C16H17ClN2O2/c1-20-16-13(3-2-5-19-16)14(18)9-11-8-12(17)7-10-4-6-21-15(10)11/h2-3,5,7-8,14H,4,6,9,18H2,1H3. The van der Waals surface area contributed by atoms with Crippen LogP contribution in [0, 0.1) is 0 Å². The molecule has 0 aliphatic carbocycles. The number of hydrogen-bond donors (Lipinski definition) is 1. The molecule has 3 rings (SSSR count). The van der Waals surface area contributed by atoms with E-state index in [2.05, 4.69) is 4.98 Å². The Morgan fingerprint density at radius 2 is 2.33 bits per heavy atom. The number of rotatable bonds is 4. The Hall–Kier alpha value is -1.78. The normalized spacial score (nSPS) is 14.4. The number of benzene rings is 1. The summed E-state index contributed by atoms with van der Waals surface area (Å²) in [6, 6.07) is 7.46. The maximum Gasteiger partial charge on any atom is 0.217 e. The minimum atomic E-state index is -0.222. The van der Waals surface area contributed by atoms with Crippen molar-refractivity contribution in [1.29, 1.82) is 0 Å². The summed E-state index contributed by atoms with van der Waals surface area (Å²) in [4.78, 5) is 4.19. The first kappa shape index (κ1) is 14.2. The summed E-state index contributed by atoms with van der Waals surface area (Å²) in [5.41, 5.74) is 9.40. The number of hydrogen-bond acceptors (Lipinski definition) is 4. The van der Waals surface area contributed by atoms with Crippen molar-refractivity contribution in [2.24, 2.45) is 5.73 Å². The van der Waals surface area contributed by atoms with Crippen LogP contribution in [0.3, 0.4) is 0 Å². The zero-order valence-electron chi connectivity index (χ0n) is 11.8. The van der Waals surface area contributed by atoms with E-state index in [4.69, 9.17) is 26.8 Å². The minimum Gasteiger partial charge on any atom is -0.493 e. The summed E-state index contributed by atoms with van der Waals surface area (Å²) >= 11 is 6.18. The Morgan fingerprint density at radius 3 is 3.14 bits per heavy atom. The second-order valence-electron chi connectivity index (χ2n) is 5.06. The second kappa shape index (κ2) is 5.92. The fraction of sp³-hybridized carbons (Fsp3) is 0.312. The highest BCUT2D eigenvalue weighted by molar-refractivity contribution is 6.30. The second-order valence-corrected chi connectivity index (χ2v) is 5.50. The van der Waals surface area contributed by atoms with Gasteiger partial charge in [-0.1, -0.05) is 17.7 Å². The smallest absolute Gasteiger partial charge is 0.217 e. The highest BCUT2D eigenvalue weighted by atomic mass is 35.5. The highest BCUT2D eigenvalue weighted by Crippen LogP contribution is 2.35. The van der Waals surface area contributed by atoms with Gasteiger partial charge in [0.15, 0.2) is 0 Å². The maximum atomic E-state index is 6.33. The first-order valence-corrected chi connectivity index (χ1v) is 7.25. The number of nitrogens with two attached hydrogens (primary N) is 1. The average Bonchev–Trinajstić information content (AvgIpc) is 2.95. The fourth-order valence-electron chi connectivity index (χ4n) is 2.70. The Bertz CT molecular complexity index is 661. The lowest BCUT2D eigenvalue weighted by atomic mass is 9.98. The van der Waals surface area contributed by atoms with E-state index in [0.29, 0.717) is 18.9 Å². The topological polar surface area (TPSA) is 57.4 Å². The van der Waals surface area contributed by atoms with E-state index in [9.17, 15) is 0 Å². The summed E-state index contributed by atoms with van der Waals surface area (Å²) in [5.74, 6) is 1.49. The molecular weight excluding hydrogens is 288 g/mol. The van der Waals surface area contributed by atoms with Gasteiger partial charge in [0.1, 0.15) is 5.75 Å². The zero-order chi connectivity index (χ0) is 14.8. The number of methoxy groups -OCH3 is 1. The molecule has 0 bridgehead atoms. The summed E-state index contributed by atoms with van der Waals surface area (Å²) in [5, 5.41) is 0.722. The molecule has 21 heavy (non-hydrogen) atoms. The number of pyridine rings is 1. The quantitative estimate of drug-likeness (QED) is 0.943. The Kier molecular flexibility index (Phi) is 3.99. The lowest BCUT2D eigenvalue weighted by Gasteiger charge is -2.16. The van der Waals surface area contributed by atoms with Crippen molar-refractivity contribution < 1.29 is 9.47 Å². The molecule has 2 N–H and O–H groups in total. The zero-order valence-corrected chi connectivity index (χ0v) is 12.6. The van der Waals surface area contributed by atoms with Crippen LogP contribution in [-0.4, -0.2) is 18.7 Å². The van der Waals surface area contributed by atoms with Gasteiger partial charge in [0.25, 0.3) is 0 Å². The van der Waals surface area contributed by atoms with Gasteiger partial charge in [-0.25, -0.2) is 4.98 Å². The molecule has 5 heteroatoms. The van der Waals surface area contributed by atoms with E-state index in [0.717, 1.165) is 33.9 Å². The number of halogens is 1. The SMILES string of the molecule is COc1ncccc1C(N)Cc1cc(Cl)cc2c1OCC2. The van der Waals surface area contributed by atoms with Gasteiger partial charge >= 0.3 is 0 Å². The summed E-state index contributed by atoms with van der Waals surface area (Å²) in [6.07, 6.45) is 3.22. The fourth-order valence-corrected chi connectivity index (χ4v) is 2.96. The predicted molar refractivity (Wildman–Crippen MR) is 82.1 cm³/mol. The molecule has 1 aromatic heterocycles. The van der Waals surface area contributed by atoms with Crippen LogP contribution < -0.4 is 15.2 Å². The van der Waals surface area contributed by atoms with Crippen LogP contribution in [0.2, 0.25) is 5.02 Å². The van der Waals surface area contributed by atoms with Crippen molar-refractivity contribution in [3.8, 4) is 11.6 Å². The van der Waals surface area contributed by atoms with Crippen LogP contribution in [0.15, 0.2) is 30.5 Å². The molecule has 0 amide bonds. The highest BCUT2D eigenvalue weighted by Gasteiger charge is 2.21. The lowest BCUT2D eigenvalue weighted by molar-refractivity contribution is 0.352. The van der Waals surface area contributed by atoms with E-state index >= 15 is 0 Å². The van der Waals surface area contributed by atoms with Crippen LogP contribution in [0.1, 0.15) is 22.7 Å². The van der Waals surface area contributed by atoms with Crippen LogP contribution in [0.5, 0.6) is 11.6 Å². The molecule has 2 aromatic rings. The third-order valence-electron chi connectivity index (χ3n) is 3.66.